The van der Waals surface area contributed by atoms with Crippen molar-refractivity contribution in [3.05, 3.63) is 35.9 Å². The van der Waals surface area contributed by atoms with Gasteiger partial charge in [0.1, 0.15) is 6.10 Å². The quantitative estimate of drug-likeness (QED) is 0.174. The molecule has 5 fully saturated rings. The molecule has 6 nitrogen and oxygen atoms in total. The van der Waals surface area contributed by atoms with E-state index >= 15 is 0 Å². The molecule has 0 aliphatic heterocycles. The number of hydrogen-bond donors (Lipinski definition) is 2. The van der Waals surface area contributed by atoms with Gasteiger partial charge in [-0.15, -0.1) is 0 Å². The van der Waals surface area contributed by atoms with Crippen LogP contribution in [0.15, 0.2) is 30.4 Å². The SMILES string of the molecule is C=C(C)[C@@H]1CC[C@]2(CO)CC[C@]3(C)[C@H](CC[C@@H]4[C@@]5(C)CC[C@H](OC(=O)/C=C/c6cc(OC)c(O)c(OC)c6)C(C)(C)[C@@H]5CC[C@]43C)[C@@H]12. The van der Waals surface area contributed by atoms with E-state index in [-0.39, 0.29) is 56.4 Å². The standard InChI is InChI=1S/C41H60O6/c1-25(2)27-14-19-41(24-42)21-20-39(6)28(35(27)41)11-12-32-38(5)17-16-33(37(3,4)31(38)15-18-40(32,39)7)47-34(43)13-10-26-22-29(45-8)36(44)30(23-26)46-9/h10,13,22-23,27-28,31-33,35,42,44H,1,11-12,14-21,24H2,2-9H3/b13-10+/t27-,28+,31-,32+,33-,35+,38-,39+,40+,41+/m0/s1. The number of rotatable bonds is 7. The van der Waals surface area contributed by atoms with Crippen LogP contribution in [0, 0.1) is 56.7 Å². The summed E-state index contributed by atoms with van der Waals surface area (Å²) < 4.78 is 16.8. The van der Waals surface area contributed by atoms with Crippen molar-refractivity contribution in [3.63, 3.8) is 0 Å². The Morgan fingerprint density at radius 2 is 1.57 bits per heavy atom. The summed E-state index contributed by atoms with van der Waals surface area (Å²) in [5, 5.41) is 21.1. The third-order valence-corrected chi connectivity index (χ3v) is 15.7. The molecule has 2 N–H and O–H groups in total. The molecule has 47 heavy (non-hydrogen) atoms. The predicted octanol–water partition coefficient (Wildman–Crippen LogP) is 8.98. The number of phenols is 1. The lowest BCUT2D eigenvalue weighted by atomic mass is 9.32. The Bertz CT molecular complexity index is 1400. The highest BCUT2D eigenvalue weighted by Crippen LogP contribution is 2.77. The monoisotopic (exact) mass is 648 g/mol. The average Bonchev–Trinajstić information content (AvgIpc) is 3.43. The molecule has 0 saturated heterocycles. The number of carbonyl (C=O) groups excluding carboxylic acids is 1. The van der Waals surface area contributed by atoms with Crippen molar-refractivity contribution in [2.45, 2.75) is 112 Å². The maximum Gasteiger partial charge on any atom is 0.331 e. The molecule has 10 atom stereocenters. The van der Waals surface area contributed by atoms with E-state index in [0.29, 0.717) is 41.8 Å². The van der Waals surface area contributed by atoms with Gasteiger partial charge in [-0.3, -0.25) is 0 Å². The molecule has 6 heteroatoms. The molecule has 6 rings (SSSR count). The number of benzene rings is 1. The van der Waals surface area contributed by atoms with Crippen molar-refractivity contribution in [1.29, 1.82) is 0 Å². The minimum absolute atomic E-state index is 0.0656. The van der Waals surface area contributed by atoms with Gasteiger partial charge in [0.2, 0.25) is 5.75 Å². The van der Waals surface area contributed by atoms with Gasteiger partial charge in [0.25, 0.3) is 0 Å². The predicted molar refractivity (Wildman–Crippen MR) is 186 cm³/mol. The summed E-state index contributed by atoms with van der Waals surface area (Å²) >= 11 is 0. The van der Waals surface area contributed by atoms with Crippen molar-refractivity contribution in [1.82, 2.24) is 0 Å². The van der Waals surface area contributed by atoms with Gasteiger partial charge in [-0.05, 0) is 146 Å². The van der Waals surface area contributed by atoms with Gasteiger partial charge in [-0.1, -0.05) is 46.8 Å². The van der Waals surface area contributed by atoms with Crippen LogP contribution in [0.2, 0.25) is 0 Å². The summed E-state index contributed by atoms with van der Waals surface area (Å²) in [5.74, 6) is 3.01. The Balaban J connectivity index is 1.21. The van der Waals surface area contributed by atoms with E-state index in [1.807, 2.05) is 0 Å². The molecule has 5 aliphatic rings. The van der Waals surface area contributed by atoms with Crippen molar-refractivity contribution in [2.75, 3.05) is 20.8 Å². The molecular formula is C41H60O6. The Kier molecular flexibility index (Phi) is 8.67. The van der Waals surface area contributed by atoms with Crippen LogP contribution < -0.4 is 9.47 Å². The normalized spacial score (nSPS) is 42.1. The maximum absolute atomic E-state index is 13.2. The number of phenolic OH excluding ortho intramolecular Hbond substituents is 1. The van der Waals surface area contributed by atoms with Gasteiger partial charge in [0.05, 0.1) is 14.2 Å². The zero-order chi connectivity index (χ0) is 34.2. The summed E-state index contributed by atoms with van der Waals surface area (Å²) in [6.45, 7) is 19.6. The van der Waals surface area contributed by atoms with E-state index in [9.17, 15) is 15.0 Å². The van der Waals surface area contributed by atoms with Gasteiger partial charge in [-0.25, -0.2) is 4.79 Å². The van der Waals surface area contributed by atoms with Crippen LogP contribution >= 0.6 is 0 Å². The minimum atomic E-state index is -0.343. The second-order valence-corrected chi connectivity index (χ2v) is 17.6. The highest BCUT2D eigenvalue weighted by Gasteiger charge is 2.71. The first kappa shape index (κ1) is 34.4. The Hall–Kier alpha value is -2.47. The lowest BCUT2D eigenvalue weighted by Crippen LogP contribution is -2.67. The molecule has 0 heterocycles. The molecule has 0 unspecified atom stereocenters. The molecule has 1 aromatic carbocycles. The molecule has 0 bridgehead atoms. The van der Waals surface area contributed by atoms with E-state index in [1.54, 1.807) is 18.2 Å². The highest BCUT2D eigenvalue weighted by molar-refractivity contribution is 5.87. The molecule has 0 aromatic heterocycles. The first-order valence-corrected chi connectivity index (χ1v) is 18.2. The van der Waals surface area contributed by atoms with Gasteiger partial charge in [0.15, 0.2) is 11.5 Å². The zero-order valence-electron chi connectivity index (χ0n) is 30.3. The fourth-order valence-corrected chi connectivity index (χ4v) is 13.1. The number of carbonyl (C=O) groups is 1. The molecule has 0 spiro atoms. The summed E-state index contributed by atoms with van der Waals surface area (Å²) in [4.78, 5) is 13.2. The number of ether oxygens (including phenoxy) is 3. The molecule has 5 saturated carbocycles. The van der Waals surface area contributed by atoms with E-state index in [1.165, 1.54) is 58.0 Å². The summed E-state index contributed by atoms with van der Waals surface area (Å²) in [7, 11) is 2.97. The minimum Gasteiger partial charge on any atom is -0.502 e. The van der Waals surface area contributed by atoms with Gasteiger partial charge in [0, 0.05) is 18.1 Å². The fourth-order valence-electron chi connectivity index (χ4n) is 13.1. The summed E-state index contributed by atoms with van der Waals surface area (Å²) in [5.41, 5.74) is 2.64. The van der Waals surface area contributed by atoms with Crippen LogP contribution in [0.25, 0.3) is 6.08 Å². The Morgan fingerprint density at radius 3 is 2.19 bits per heavy atom. The van der Waals surface area contributed by atoms with Crippen molar-refractivity contribution in [2.24, 2.45) is 56.7 Å². The topological polar surface area (TPSA) is 85.2 Å². The maximum atomic E-state index is 13.2. The average molecular weight is 649 g/mol. The third kappa shape index (κ3) is 5.00. The van der Waals surface area contributed by atoms with E-state index in [2.05, 4.69) is 48.1 Å². The number of hydrogen-bond acceptors (Lipinski definition) is 6. The smallest absolute Gasteiger partial charge is 0.331 e. The molecule has 260 valence electrons. The molecule has 0 amide bonds. The van der Waals surface area contributed by atoms with Crippen molar-refractivity contribution >= 4 is 12.0 Å². The van der Waals surface area contributed by atoms with Crippen molar-refractivity contribution < 1.29 is 29.2 Å². The number of esters is 1. The second kappa shape index (κ2) is 11.8. The number of fused-ring (bicyclic) bond motifs is 7. The lowest BCUT2D eigenvalue weighted by molar-refractivity contribution is -0.251. The number of aromatic hydroxyl groups is 1. The third-order valence-electron chi connectivity index (χ3n) is 15.7. The molecule has 5 aliphatic carbocycles. The summed E-state index contributed by atoms with van der Waals surface area (Å²) in [6.07, 6.45) is 14.6. The van der Waals surface area contributed by atoms with Crippen LogP contribution in [0.3, 0.4) is 0 Å². The Morgan fingerprint density at radius 1 is 0.894 bits per heavy atom. The largest absolute Gasteiger partial charge is 0.502 e. The van der Waals surface area contributed by atoms with Crippen LogP contribution in [0.1, 0.15) is 111 Å². The van der Waals surface area contributed by atoms with Crippen LogP contribution in [-0.2, 0) is 9.53 Å². The first-order valence-electron chi connectivity index (χ1n) is 18.2. The number of aliphatic hydroxyl groups excluding tert-OH is 1. The second-order valence-electron chi connectivity index (χ2n) is 17.6. The fraction of sp³-hybridized carbons (Fsp3) is 0.732. The van der Waals surface area contributed by atoms with Gasteiger partial charge >= 0.3 is 5.97 Å². The Labute approximate surface area is 283 Å². The number of aliphatic hydroxyl groups is 1. The van der Waals surface area contributed by atoms with Gasteiger partial charge in [-0.2, -0.15) is 0 Å². The molecular weight excluding hydrogens is 588 g/mol. The highest BCUT2D eigenvalue weighted by atomic mass is 16.5. The van der Waals surface area contributed by atoms with Crippen molar-refractivity contribution in [3.8, 4) is 17.2 Å². The van der Waals surface area contributed by atoms with Crippen LogP contribution in [-0.4, -0.2) is 43.1 Å². The zero-order valence-corrected chi connectivity index (χ0v) is 30.3. The molecule has 1 aromatic rings. The van der Waals surface area contributed by atoms with E-state index < -0.39 is 0 Å². The lowest BCUT2D eigenvalue weighted by Gasteiger charge is -2.73. The number of methoxy groups -OCH3 is 2. The van der Waals surface area contributed by atoms with Crippen LogP contribution in [0.4, 0.5) is 0 Å². The first-order chi connectivity index (χ1) is 22.1. The van der Waals surface area contributed by atoms with Gasteiger partial charge < -0.3 is 24.4 Å². The van der Waals surface area contributed by atoms with E-state index in [0.717, 1.165) is 32.1 Å². The van der Waals surface area contributed by atoms with Crippen LogP contribution in [0.5, 0.6) is 17.2 Å². The molecule has 0 radical (unpaired) electrons. The van der Waals surface area contributed by atoms with E-state index in [4.69, 9.17) is 14.2 Å². The number of allylic oxidation sites excluding steroid dienone is 1. The summed E-state index contributed by atoms with van der Waals surface area (Å²) in [6, 6.07) is 3.35.